The van der Waals surface area contributed by atoms with Gasteiger partial charge in [-0.3, -0.25) is 0 Å². The van der Waals surface area contributed by atoms with Gasteiger partial charge in [0.15, 0.2) is 0 Å². The number of hydrogen-bond acceptors (Lipinski definition) is 6. The summed E-state index contributed by atoms with van der Waals surface area (Å²) in [5.74, 6) is -1.34. The molecule has 0 spiro atoms. The zero-order chi connectivity index (χ0) is 28.0. The zero-order valence-corrected chi connectivity index (χ0v) is 21.8. The van der Waals surface area contributed by atoms with Gasteiger partial charge >= 0.3 is 12.0 Å². The van der Waals surface area contributed by atoms with Crippen molar-refractivity contribution < 1.29 is 37.5 Å². The second-order valence-electron chi connectivity index (χ2n) is 10.6. The van der Waals surface area contributed by atoms with Crippen LogP contribution in [0.4, 0.5) is 19.3 Å². The van der Waals surface area contributed by atoms with Gasteiger partial charge in [0.05, 0.1) is 36.1 Å². The molecular formula is C29H29F2N3O6. The summed E-state index contributed by atoms with van der Waals surface area (Å²) in [6, 6.07) is 7.56. The molecule has 3 aliphatic carbocycles. The van der Waals surface area contributed by atoms with Gasteiger partial charge in [0.1, 0.15) is 28.8 Å². The highest BCUT2D eigenvalue weighted by Gasteiger charge is 2.61. The first-order valence-corrected chi connectivity index (χ1v) is 13.4. The van der Waals surface area contributed by atoms with Crippen LogP contribution >= 0.6 is 0 Å². The topological polar surface area (TPSA) is 123 Å². The Balaban J connectivity index is 1.11. The van der Waals surface area contributed by atoms with Crippen LogP contribution in [-0.4, -0.2) is 40.5 Å². The maximum absolute atomic E-state index is 14.5. The number of hydrogen-bond donors (Lipinski definition) is 3. The number of aromatic carboxylic acids is 1. The van der Waals surface area contributed by atoms with E-state index in [1.807, 2.05) is 0 Å². The molecule has 0 radical (unpaired) electrons. The molecule has 3 atom stereocenters. The Morgan fingerprint density at radius 3 is 2.58 bits per heavy atom. The van der Waals surface area contributed by atoms with Gasteiger partial charge in [-0.1, -0.05) is 11.2 Å². The van der Waals surface area contributed by atoms with E-state index in [4.69, 9.17) is 14.0 Å². The van der Waals surface area contributed by atoms with Crippen molar-refractivity contribution >= 4 is 17.7 Å². The normalized spacial score (nSPS) is 23.0. The monoisotopic (exact) mass is 553 g/mol. The van der Waals surface area contributed by atoms with Gasteiger partial charge in [-0.2, -0.15) is 0 Å². The van der Waals surface area contributed by atoms with E-state index in [0.717, 1.165) is 25.7 Å². The average Bonchev–Trinajstić information content (AvgIpc) is 3.67. The highest BCUT2D eigenvalue weighted by atomic mass is 19.1. The van der Waals surface area contributed by atoms with Gasteiger partial charge in [-0.25, -0.2) is 18.4 Å². The quantitative estimate of drug-likeness (QED) is 0.288. The van der Waals surface area contributed by atoms with E-state index in [0.29, 0.717) is 30.0 Å². The van der Waals surface area contributed by atoms with E-state index >= 15 is 0 Å². The Labute approximate surface area is 228 Å². The van der Waals surface area contributed by atoms with Crippen LogP contribution in [0.5, 0.6) is 5.75 Å². The predicted molar refractivity (Wildman–Crippen MR) is 139 cm³/mol. The lowest BCUT2D eigenvalue weighted by Gasteiger charge is -2.62. The Bertz CT molecular complexity index is 1450. The first kappa shape index (κ1) is 26.2. The lowest BCUT2D eigenvalue weighted by molar-refractivity contribution is -0.165. The number of halogens is 2. The minimum Gasteiger partial charge on any atom is -0.492 e. The molecule has 6 rings (SSSR count). The van der Waals surface area contributed by atoms with Gasteiger partial charge in [0.25, 0.3) is 0 Å². The SMILES string of the molecule is CCOc1cc(C(=O)O)ccc1NC(=O)NC12CCC1C(OCc1c(-c3c(F)cccc3F)noc1C1CC1)C2. The number of aromatic nitrogens is 1. The van der Waals surface area contributed by atoms with Gasteiger partial charge < -0.3 is 29.7 Å². The first-order chi connectivity index (χ1) is 19.3. The summed E-state index contributed by atoms with van der Waals surface area (Å²) in [6.07, 6.45) is 3.99. The second-order valence-corrected chi connectivity index (χ2v) is 10.6. The summed E-state index contributed by atoms with van der Waals surface area (Å²) in [6.45, 7) is 2.19. The van der Waals surface area contributed by atoms with Gasteiger partial charge in [-0.05, 0) is 69.4 Å². The standard InChI is InChI=1S/C29H29F2N3O6/c1-2-38-22-12-16(27(35)36)8-9-21(22)32-28(37)33-29-11-10-18(29)23(13-29)39-14-17-25(34-40-26(17)15-6-7-15)24-19(30)4-3-5-20(24)31/h3-5,8-9,12,15,18,23H,2,6-7,10-11,13-14H2,1H3,(H,35,36)(H2,32,33,37). The van der Waals surface area contributed by atoms with Gasteiger partial charge in [0.2, 0.25) is 0 Å². The number of rotatable bonds is 10. The molecule has 1 heterocycles. The molecule has 3 saturated carbocycles. The Hall–Kier alpha value is -3.99. The number of carbonyl (C=O) groups is 2. The van der Waals surface area contributed by atoms with Crippen LogP contribution in [0, 0.1) is 17.6 Å². The molecule has 1 aromatic heterocycles. The maximum Gasteiger partial charge on any atom is 0.335 e. The molecule has 9 nitrogen and oxygen atoms in total. The molecule has 0 saturated heterocycles. The molecule has 2 aromatic carbocycles. The third-order valence-corrected chi connectivity index (χ3v) is 8.17. The maximum atomic E-state index is 14.5. The summed E-state index contributed by atoms with van der Waals surface area (Å²) < 4.78 is 46.4. The molecule has 3 aromatic rings. The molecule has 40 heavy (non-hydrogen) atoms. The number of nitrogens with zero attached hydrogens (tertiary/aromatic N) is 1. The molecule has 210 valence electrons. The number of nitrogens with one attached hydrogen (secondary N) is 2. The highest BCUT2D eigenvalue weighted by Crippen LogP contribution is 2.55. The van der Waals surface area contributed by atoms with Crippen LogP contribution in [0.15, 0.2) is 40.9 Å². The summed E-state index contributed by atoms with van der Waals surface area (Å²) in [5, 5.41) is 19.1. The van der Waals surface area contributed by atoms with Crippen LogP contribution in [0.1, 0.15) is 66.6 Å². The molecule has 3 fully saturated rings. The van der Waals surface area contributed by atoms with Gasteiger partial charge in [-0.15, -0.1) is 0 Å². The number of carboxylic acids is 1. The third kappa shape index (κ3) is 4.68. The van der Waals surface area contributed by atoms with E-state index < -0.39 is 29.2 Å². The number of fused-ring (bicyclic) bond motifs is 1. The summed E-state index contributed by atoms with van der Waals surface area (Å²) in [7, 11) is 0. The molecule has 11 heteroatoms. The molecule has 0 bridgehead atoms. The predicted octanol–water partition coefficient (Wildman–Crippen LogP) is 5.85. The largest absolute Gasteiger partial charge is 0.492 e. The van der Waals surface area contributed by atoms with Crippen molar-refractivity contribution in [1.29, 1.82) is 0 Å². The minimum atomic E-state index is -1.09. The number of urea groups is 1. The van der Waals surface area contributed by atoms with Crippen molar-refractivity contribution in [1.82, 2.24) is 10.5 Å². The highest BCUT2D eigenvalue weighted by molar-refractivity contribution is 5.94. The first-order valence-electron chi connectivity index (χ1n) is 13.4. The minimum absolute atomic E-state index is 0.0598. The second kappa shape index (κ2) is 10.2. The number of benzene rings is 2. The van der Waals surface area contributed by atoms with Crippen molar-refractivity contribution in [2.24, 2.45) is 5.92 Å². The van der Waals surface area contributed by atoms with Crippen LogP contribution in [0.25, 0.3) is 11.3 Å². The van der Waals surface area contributed by atoms with Crippen LogP contribution in [0.2, 0.25) is 0 Å². The van der Waals surface area contributed by atoms with Crippen LogP contribution in [0.3, 0.4) is 0 Å². The van der Waals surface area contributed by atoms with Crippen molar-refractivity contribution in [2.75, 3.05) is 11.9 Å². The average molecular weight is 554 g/mol. The number of anilines is 1. The molecule has 3 N–H and O–H groups in total. The lowest BCUT2D eigenvalue weighted by atomic mass is 9.51. The Morgan fingerprint density at radius 2 is 1.95 bits per heavy atom. The fourth-order valence-electron chi connectivity index (χ4n) is 5.83. The Kier molecular flexibility index (Phi) is 6.69. The number of carbonyl (C=O) groups excluding carboxylic acids is 1. The molecule has 0 aliphatic heterocycles. The van der Waals surface area contributed by atoms with E-state index in [9.17, 15) is 23.5 Å². The van der Waals surface area contributed by atoms with E-state index in [-0.39, 0.29) is 47.1 Å². The van der Waals surface area contributed by atoms with E-state index in [1.165, 1.54) is 36.4 Å². The van der Waals surface area contributed by atoms with Crippen LogP contribution < -0.4 is 15.4 Å². The molecule has 2 amide bonds. The lowest BCUT2D eigenvalue weighted by Crippen LogP contribution is -2.73. The molecule has 3 unspecified atom stereocenters. The van der Waals surface area contributed by atoms with Crippen molar-refractivity contribution in [3.05, 3.63) is 64.9 Å². The van der Waals surface area contributed by atoms with E-state index in [1.54, 1.807) is 6.92 Å². The zero-order valence-electron chi connectivity index (χ0n) is 21.8. The van der Waals surface area contributed by atoms with Crippen molar-refractivity contribution in [2.45, 2.75) is 63.2 Å². The van der Waals surface area contributed by atoms with E-state index in [2.05, 4.69) is 15.8 Å². The fraction of sp³-hybridized carbons (Fsp3) is 0.414. The fourth-order valence-corrected chi connectivity index (χ4v) is 5.83. The number of amides is 2. The summed E-state index contributed by atoms with van der Waals surface area (Å²) in [5.41, 5.74) is 0.511. The summed E-state index contributed by atoms with van der Waals surface area (Å²) >= 11 is 0. The smallest absolute Gasteiger partial charge is 0.335 e. The molecule has 3 aliphatic rings. The molecular weight excluding hydrogens is 524 g/mol. The van der Waals surface area contributed by atoms with Gasteiger partial charge in [0, 0.05) is 22.9 Å². The number of ether oxygens (including phenoxy) is 2. The van der Waals surface area contributed by atoms with Crippen LogP contribution in [-0.2, 0) is 11.3 Å². The van der Waals surface area contributed by atoms with Crippen molar-refractivity contribution in [3.8, 4) is 17.0 Å². The Morgan fingerprint density at radius 1 is 1.18 bits per heavy atom. The van der Waals surface area contributed by atoms with Crippen molar-refractivity contribution in [3.63, 3.8) is 0 Å². The number of carboxylic acid groups (broad SMARTS) is 1. The summed E-state index contributed by atoms with van der Waals surface area (Å²) in [4.78, 5) is 24.2. The third-order valence-electron chi connectivity index (χ3n) is 8.17.